The zero-order chi connectivity index (χ0) is 18.6. The van der Waals surface area contributed by atoms with Gasteiger partial charge in [-0.15, -0.1) is 5.10 Å². The summed E-state index contributed by atoms with van der Waals surface area (Å²) in [5.74, 6) is 2.94. The van der Waals surface area contributed by atoms with Crippen LogP contribution in [0, 0.1) is 5.92 Å². The van der Waals surface area contributed by atoms with Crippen LogP contribution in [0.25, 0.3) is 10.8 Å². The lowest BCUT2D eigenvalue weighted by molar-refractivity contribution is 0.356. The molecule has 0 saturated carbocycles. The Morgan fingerprint density at radius 1 is 1.04 bits per heavy atom. The van der Waals surface area contributed by atoms with Crippen molar-refractivity contribution in [3.05, 3.63) is 42.6 Å². The molecule has 3 aromatic rings. The lowest BCUT2D eigenvalue weighted by atomic mass is 9.92. The molecule has 0 atom stereocenters. The first kappa shape index (κ1) is 17.5. The maximum atomic E-state index is 5.47. The number of rotatable bonds is 5. The molecule has 3 heterocycles. The van der Waals surface area contributed by atoms with E-state index in [1.54, 1.807) is 32.8 Å². The third-order valence-electron chi connectivity index (χ3n) is 5.17. The number of anilines is 1. The lowest BCUT2D eigenvalue weighted by Gasteiger charge is -2.33. The highest BCUT2D eigenvalue weighted by Crippen LogP contribution is 2.36. The highest BCUT2D eigenvalue weighted by atomic mass is 16.5. The third kappa shape index (κ3) is 3.63. The fourth-order valence-corrected chi connectivity index (χ4v) is 3.71. The van der Waals surface area contributed by atoms with Crippen molar-refractivity contribution in [2.45, 2.75) is 19.3 Å². The number of hydrogen-bond acceptors (Lipinski definition) is 7. The minimum atomic E-state index is 0.621. The van der Waals surface area contributed by atoms with Gasteiger partial charge in [0.25, 0.3) is 0 Å². The van der Waals surface area contributed by atoms with Crippen LogP contribution in [-0.4, -0.2) is 47.5 Å². The highest BCUT2D eigenvalue weighted by molar-refractivity contribution is 5.94. The van der Waals surface area contributed by atoms with Crippen LogP contribution >= 0.6 is 0 Å². The van der Waals surface area contributed by atoms with Gasteiger partial charge in [-0.25, -0.2) is 0 Å². The van der Waals surface area contributed by atoms with Gasteiger partial charge >= 0.3 is 0 Å². The molecular formula is C20H23N5O2. The van der Waals surface area contributed by atoms with Crippen molar-refractivity contribution < 1.29 is 9.47 Å². The molecule has 0 radical (unpaired) electrons. The van der Waals surface area contributed by atoms with Crippen molar-refractivity contribution in [2.75, 3.05) is 32.2 Å². The second-order valence-corrected chi connectivity index (χ2v) is 6.79. The van der Waals surface area contributed by atoms with E-state index in [2.05, 4.69) is 25.1 Å². The average molecular weight is 365 g/mol. The summed E-state index contributed by atoms with van der Waals surface area (Å²) in [4.78, 5) is 10.9. The van der Waals surface area contributed by atoms with Crippen LogP contribution in [0.15, 0.2) is 36.9 Å². The Labute approximate surface area is 158 Å². The predicted molar refractivity (Wildman–Crippen MR) is 103 cm³/mol. The number of methoxy groups -OCH3 is 2. The van der Waals surface area contributed by atoms with Gasteiger partial charge in [0.15, 0.2) is 17.3 Å². The van der Waals surface area contributed by atoms with Gasteiger partial charge in [0.05, 0.1) is 26.1 Å². The van der Waals surface area contributed by atoms with Crippen molar-refractivity contribution >= 4 is 16.6 Å². The molecule has 7 heteroatoms. The van der Waals surface area contributed by atoms with Crippen molar-refractivity contribution in [1.82, 2.24) is 20.2 Å². The molecule has 1 aromatic carbocycles. The maximum Gasteiger partial charge on any atom is 0.161 e. The van der Waals surface area contributed by atoms with Crippen LogP contribution in [-0.2, 0) is 6.42 Å². The zero-order valence-corrected chi connectivity index (χ0v) is 15.6. The molecule has 0 bridgehead atoms. The summed E-state index contributed by atoms with van der Waals surface area (Å²) in [7, 11) is 3.29. The quantitative estimate of drug-likeness (QED) is 0.688. The standard InChI is InChI=1S/C20H23N5O2/c1-26-18-10-15-12-23-24-20(17(15)11-19(18)27-2)25-7-3-14(4-8-25)9-16-13-21-5-6-22-16/h5-6,10-14H,3-4,7-9H2,1-2H3. The normalized spacial score (nSPS) is 15.1. The SMILES string of the molecule is COc1cc2cnnc(N3CCC(Cc4cnccn4)CC3)c2cc1OC. The number of hydrogen-bond donors (Lipinski definition) is 0. The Balaban J connectivity index is 1.53. The Hall–Kier alpha value is -2.96. The summed E-state index contributed by atoms with van der Waals surface area (Å²) < 4.78 is 10.9. The van der Waals surface area contributed by atoms with Crippen molar-refractivity contribution in [3.63, 3.8) is 0 Å². The molecular weight excluding hydrogens is 342 g/mol. The summed E-state index contributed by atoms with van der Waals surface area (Å²) in [5, 5.41) is 10.7. The molecule has 0 N–H and O–H groups in total. The first-order valence-corrected chi connectivity index (χ1v) is 9.15. The average Bonchev–Trinajstić information content (AvgIpc) is 2.73. The molecule has 1 saturated heterocycles. The minimum absolute atomic E-state index is 0.621. The molecule has 0 spiro atoms. The van der Waals surface area contributed by atoms with Crippen LogP contribution in [0.4, 0.5) is 5.82 Å². The molecule has 1 aliphatic rings. The minimum Gasteiger partial charge on any atom is -0.493 e. The van der Waals surface area contributed by atoms with Crippen LogP contribution < -0.4 is 14.4 Å². The molecule has 140 valence electrons. The first-order chi connectivity index (χ1) is 13.3. The van der Waals surface area contributed by atoms with E-state index in [9.17, 15) is 0 Å². The molecule has 0 unspecified atom stereocenters. The second kappa shape index (κ2) is 7.73. The number of aromatic nitrogens is 4. The number of nitrogens with zero attached hydrogens (tertiary/aromatic N) is 5. The van der Waals surface area contributed by atoms with Crippen LogP contribution in [0.5, 0.6) is 11.5 Å². The van der Waals surface area contributed by atoms with Gasteiger partial charge in [0, 0.05) is 42.5 Å². The third-order valence-corrected chi connectivity index (χ3v) is 5.17. The number of benzene rings is 1. The number of piperidine rings is 1. The van der Waals surface area contributed by atoms with E-state index in [4.69, 9.17) is 9.47 Å². The van der Waals surface area contributed by atoms with E-state index >= 15 is 0 Å². The van der Waals surface area contributed by atoms with E-state index in [-0.39, 0.29) is 0 Å². The van der Waals surface area contributed by atoms with E-state index in [1.165, 1.54) is 0 Å². The summed E-state index contributed by atoms with van der Waals surface area (Å²) in [5.41, 5.74) is 1.07. The van der Waals surface area contributed by atoms with Crippen LogP contribution in [0.1, 0.15) is 18.5 Å². The zero-order valence-electron chi connectivity index (χ0n) is 15.6. The van der Waals surface area contributed by atoms with Gasteiger partial charge < -0.3 is 14.4 Å². The summed E-state index contributed by atoms with van der Waals surface area (Å²) in [6.45, 7) is 1.90. The Bertz CT molecular complexity index is 911. The molecule has 0 amide bonds. The van der Waals surface area contributed by atoms with E-state index < -0.39 is 0 Å². The molecule has 0 aliphatic carbocycles. The molecule has 2 aromatic heterocycles. The molecule has 1 aliphatic heterocycles. The summed E-state index contributed by atoms with van der Waals surface area (Å²) in [6, 6.07) is 3.94. The van der Waals surface area contributed by atoms with E-state index in [0.29, 0.717) is 17.4 Å². The number of ether oxygens (including phenoxy) is 2. The molecule has 1 fully saturated rings. The topological polar surface area (TPSA) is 73.3 Å². The van der Waals surface area contributed by atoms with Gasteiger partial charge in [0.1, 0.15) is 0 Å². The predicted octanol–water partition coefficient (Wildman–Crippen LogP) is 2.90. The van der Waals surface area contributed by atoms with Gasteiger partial charge in [-0.2, -0.15) is 5.10 Å². The molecule has 7 nitrogen and oxygen atoms in total. The molecule has 27 heavy (non-hydrogen) atoms. The maximum absolute atomic E-state index is 5.47. The fraction of sp³-hybridized carbons (Fsp3) is 0.400. The fourth-order valence-electron chi connectivity index (χ4n) is 3.71. The molecule has 4 rings (SSSR count). The van der Waals surface area contributed by atoms with Crippen LogP contribution in [0.3, 0.4) is 0 Å². The monoisotopic (exact) mass is 365 g/mol. The highest BCUT2D eigenvalue weighted by Gasteiger charge is 2.23. The summed E-state index contributed by atoms with van der Waals surface area (Å²) >= 11 is 0. The summed E-state index contributed by atoms with van der Waals surface area (Å²) in [6.07, 6.45) is 10.3. The van der Waals surface area contributed by atoms with E-state index in [1.807, 2.05) is 18.3 Å². The van der Waals surface area contributed by atoms with E-state index in [0.717, 1.165) is 54.6 Å². The Morgan fingerprint density at radius 3 is 2.52 bits per heavy atom. The van der Waals surface area contributed by atoms with Crippen molar-refractivity contribution in [1.29, 1.82) is 0 Å². The van der Waals surface area contributed by atoms with Gasteiger partial charge in [-0.1, -0.05) is 0 Å². The van der Waals surface area contributed by atoms with Gasteiger partial charge in [0.2, 0.25) is 0 Å². The van der Waals surface area contributed by atoms with Crippen molar-refractivity contribution in [2.24, 2.45) is 5.92 Å². The number of fused-ring (bicyclic) bond motifs is 1. The lowest BCUT2D eigenvalue weighted by Crippen LogP contribution is -2.35. The van der Waals surface area contributed by atoms with Gasteiger partial charge in [-0.05, 0) is 37.3 Å². The largest absolute Gasteiger partial charge is 0.493 e. The van der Waals surface area contributed by atoms with Crippen LogP contribution in [0.2, 0.25) is 0 Å². The Morgan fingerprint density at radius 2 is 1.81 bits per heavy atom. The smallest absolute Gasteiger partial charge is 0.161 e. The Kier molecular flexibility index (Phi) is 5.00. The van der Waals surface area contributed by atoms with Crippen molar-refractivity contribution in [3.8, 4) is 11.5 Å². The first-order valence-electron chi connectivity index (χ1n) is 9.15. The van der Waals surface area contributed by atoms with Gasteiger partial charge in [-0.3, -0.25) is 9.97 Å². The second-order valence-electron chi connectivity index (χ2n) is 6.79.